The Morgan fingerprint density at radius 1 is 0.917 bits per heavy atom. The average Bonchev–Trinajstić information content (AvgIpc) is 2.61. The summed E-state index contributed by atoms with van der Waals surface area (Å²) in [5, 5.41) is 21.0. The van der Waals surface area contributed by atoms with Crippen LogP contribution in [0.25, 0.3) is 0 Å². The highest BCUT2D eigenvalue weighted by molar-refractivity contribution is 7.89. The van der Waals surface area contributed by atoms with Crippen molar-refractivity contribution in [2.75, 3.05) is 17.6 Å². The molecule has 0 spiro atoms. The molecule has 7 heteroatoms. The molecule has 0 fully saturated rings. The molecule has 0 aliphatic rings. The summed E-state index contributed by atoms with van der Waals surface area (Å²) >= 11 is 0. The van der Waals surface area contributed by atoms with Gasteiger partial charge in [-0.25, -0.2) is 13.1 Å². The van der Waals surface area contributed by atoms with E-state index < -0.39 is 10.0 Å². The lowest BCUT2D eigenvalue weighted by molar-refractivity contribution is 0.581. The van der Waals surface area contributed by atoms with Gasteiger partial charge in [0.2, 0.25) is 10.0 Å². The number of para-hydroxylation sites is 1. The summed E-state index contributed by atoms with van der Waals surface area (Å²) in [6.07, 6.45) is 0. The third-order valence-electron chi connectivity index (χ3n) is 3.32. The maximum Gasteiger partial charge on any atom is 0.213 e. The van der Waals surface area contributed by atoms with Gasteiger partial charge in [-0.3, -0.25) is 0 Å². The lowest BCUT2D eigenvalue weighted by Crippen LogP contribution is -2.29. The molecule has 0 saturated carbocycles. The van der Waals surface area contributed by atoms with Crippen molar-refractivity contribution in [1.29, 1.82) is 10.5 Å². The van der Waals surface area contributed by atoms with Crippen LogP contribution >= 0.6 is 0 Å². The topological polar surface area (TPSA) is 106 Å². The van der Waals surface area contributed by atoms with Crippen molar-refractivity contribution in [1.82, 2.24) is 4.72 Å². The molecular formula is C17H16N4O2S. The molecule has 0 saturated heterocycles. The summed E-state index contributed by atoms with van der Waals surface area (Å²) in [7, 11) is -3.47. The number of nitrogens with one attached hydrogen (secondary N) is 2. The Hall–Kier alpha value is -2.87. The fourth-order valence-corrected chi connectivity index (χ4v) is 3.00. The SMILES string of the molecule is N#Cc1cccc(C#N)c1NCCS(=O)(=O)NCc1ccccc1. The minimum Gasteiger partial charge on any atom is -0.382 e. The highest BCUT2D eigenvalue weighted by Gasteiger charge is 2.12. The number of hydrogen-bond donors (Lipinski definition) is 2. The van der Waals surface area contributed by atoms with E-state index in [1.165, 1.54) is 0 Å². The molecule has 2 aromatic rings. The summed E-state index contributed by atoms with van der Waals surface area (Å²) in [6, 6.07) is 17.9. The van der Waals surface area contributed by atoms with Crippen LogP contribution in [0.1, 0.15) is 16.7 Å². The van der Waals surface area contributed by atoms with Crippen molar-refractivity contribution in [2.45, 2.75) is 6.54 Å². The van der Waals surface area contributed by atoms with Gasteiger partial charge in [0.1, 0.15) is 12.1 Å². The van der Waals surface area contributed by atoms with Crippen molar-refractivity contribution < 1.29 is 8.42 Å². The van der Waals surface area contributed by atoms with E-state index in [-0.39, 0.29) is 18.8 Å². The van der Waals surface area contributed by atoms with Gasteiger partial charge in [-0.2, -0.15) is 10.5 Å². The van der Waals surface area contributed by atoms with Crippen LogP contribution in [0, 0.1) is 22.7 Å². The average molecular weight is 340 g/mol. The quantitative estimate of drug-likeness (QED) is 0.801. The number of anilines is 1. The maximum atomic E-state index is 12.0. The number of nitriles is 2. The first-order valence-electron chi connectivity index (χ1n) is 7.24. The molecule has 0 amide bonds. The summed E-state index contributed by atoms with van der Waals surface area (Å²) < 4.78 is 26.6. The lowest BCUT2D eigenvalue weighted by atomic mass is 10.1. The fraction of sp³-hybridized carbons (Fsp3) is 0.176. The van der Waals surface area contributed by atoms with E-state index in [1.54, 1.807) is 18.2 Å². The van der Waals surface area contributed by atoms with E-state index in [9.17, 15) is 8.42 Å². The molecule has 122 valence electrons. The first kappa shape index (κ1) is 17.5. The molecule has 0 unspecified atom stereocenters. The monoisotopic (exact) mass is 340 g/mol. The Morgan fingerprint density at radius 3 is 2.12 bits per heavy atom. The Kier molecular flexibility index (Phi) is 5.91. The van der Waals surface area contributed by atoms with Crippen LogP contribution in [0.2, 0.25) is 0 Å². The molecule has 0 aliphatic heterocycles. The molecule has 0 bridgehead atoms. The number of rotatable bonds is 7. The second-order valence-corrected chi connectivity index (χ2v) is 6.93. The largest absolute Gasteiger partial charge is 0.382 e. The third kappa shape index (κ3) is 4.82. The van der Waals surface area contributed by atoms with E-state index in [1.807, 2.05) is 42.5 Å². The molecule has 0 heterocycles. The second kappa shape index (κ2) is 8.11. The molecule has 2 rings (SSSR count). The van der Waals surface area contributed by atoms with Crippen LogP contribution < -0.4 is 10.0 Å². The zero-order valence-corrected chi connectivity index (χ0v) is 13.7. The number of sulfonamides is 1. The zero-order chi connectivity index (χ0) is 17.4. The second-order valence-electron chi connectivity index (χ2n) is 5.00. The van der Waals surface area contributed by atoms with Gasteiger partial charge in [0.05, 0.1) is 22.6 Å². The highest BCUT2D eigenvalue weighted by Crippen LogP contribution is 2.19. The Bertz CT molecular complexity index is 849. The molecule has 24 heavy (non-hydrogen) atoms. The van der Waals surface area contributed by atoms with Gasteiger partial charge in [-0.05, 0) is 17.7 Å². The predicted octanol–water partition coefficient (Wildman–Crippen LogP) is 1.96. The fourth-order valence-electron chi connectivity index (χ4n) is 2.10. The van der Waals surface area contributed by atoms with Crippen LogP contribution in [-0.4, -0.2) is 20.7 Å². The van der Waals surface area contributed by atoms with Gasteiger partial charge < -0.3 is 5.32 Å². The summed E-state index contributed by atoms with van der Waals surface area (Å²) in [5.41, 5.74) is 1.85. The Morgan fingerprint density at radius 2 is 1.54 bits per heavy atom. The van der Waals surface area contributed by atoms with Crippen LogP contribution in [0.3, 0.4) is 0 Å². The molecule has 2 N–H and O–H groups in total. The third-order valence-corrected chi connectivity index (χ3v) is 4.64. The van der Waals surface area contributed by atoms with Gasteiger partial charge in [0.15, 0.2) is 0 Å². The van der Waals surface area contributed by atoms with E-state index in [0.717, 1.165) is 5.56 Å². The van der Waals surface area contributed by atoms with Gasteiger partial charge in [-0.15, -0.1) is 0 Å². The summed E-state index contributed by atoms with van der Waals surface area (Å²) in [5.74, 6) is -0.162. The normalized spacial score (nSPS) is 10.6. The lowest BCUT2D eigenvalue weighted by Gasteiger charge is -2.11. The van der Waals surface area contributed by atoms with Crippen molar-refractivity contribution in [3.8, 4) is 12.1 Å². The molecule has 0 aliphatic carbocycles. The van der Waals surface area contributed by atoms with E-state index >= 15 is 0 Å². The van der Waals surface area contributed by atoms with Gasteiger partial charge in [0, 0.05) is 13.1 Å². The minimum atomic E-state index is -3.47. The van der Waals surface area contributed by atoms with Crippen LogP contribution in [0.5, 0.6) is 0 Å². The van der Waals surface area contributed by atoms with Crippen LogP contribution in [-0.2, 0) is 16.6 Å². The predicted molar refractivity (Wildman–Crippen MR) is 91.4 cm³/mol. The van der Waals surface area contributed by atoms with Gasteiger partial charge >= 0.3 is 0 Å². The molecule has 2 aromatic carbocycles. The molecule has 0 aromatic heterocycles. The highest BCUT2D eigenvalue weighted by atomic mass is 32.2. The molecular weight excluding hydrogens is 324 g/mol. The van der Waals surface area contributed by atoms with Crippen molar-refractivity contribution >= 4 is 15.7 Å². The summed E-state index contributed by atoms with van der Waals surface area (Å²) in [4.78, 5) is 0. The number of nitrogens with zero attached hydrogens (tertiary/aromatic N) is 2. The minimum absolute atomic E-state index is 0.0947. The van der Waals surface area contributed by atoms with E-state index in [2.05, 4.69) is 10.0 Å². The number of benzene rings is 2. The van der Waals surface area contributed by atoms with Crippen LogP contribution in [0.4, 0.5) is 5.69 Å². The molecule has 6 nitrogen and oxygen atoms in total. The Balaban J connectivity index is 1.94. The van der Waals surface area contributed by atoms with E-state index in [4.69, 9.17) is 10.5 Å². The van der Waals surface area contributed by atoms with Gasteiger partial charge in [-0.1, -0.05) is 36.4 Å². The molecule has 0 atom stereocenters. The first-order valence-corrected chi connectivity index (χ1v) is 8.89. The van der Waals surface area contributed by atoms with Gasteiger partial charge in [0.25, 0.3) is 0 Å². The van der Waals surface area contributed by atoms with Crippen molar-refractivity contribution in [3.63, 3.8) is 0 Å². The standard InChI is InChI=1S/C17H16N4O2S/c18-11-15-7-4-8-16(12-19)17(15)20-9-10-24(22,23)21-13-14-5-2-1-3-6-14/h1-8,20-21H,9-10,13H2. The number of hydrogen-bond acceptors (Lipinski definition) is 5. The molecule has 0 radical (unpaired) electrons. The van der Waals surface area contributed by atoms with Crippen LogP contribution in [0.15, 0.2) is 48.5 Å². The Labute approximate surface area is 141 Å². The van der Waals surface area contributed by atoms with Crippen molar-refractivity contribution in [3.05, 3.63) is 65.2 Å². The maximum absolute atomic E-state index is 12.0. The smallest absolute Gasteiger partial charge is 0.213 e. The zero-order valence-electron chi connectivity index (χ0n) is 12.9. The van der Waals surface area contributed by atoms with Crippen molar-refractivity contribution in [2.24, 2.45) is 0 Å². The summed E-state index contributed by atoms with van der Waals surface area (Å²) in [6.45, 7) is 0.318. The first-order chi connectivity index (χ1) is 11.6. The van der Waals surface area contributed by atoms with E-state index in [0.29, 0.717) is 16.8 Å².